The first-order valence-corrected chi connectivity index (χ1v) is 6.22. The zero-order valence-corrected chi connectivity index (χ0v) is 12.0. The van der Waals surface area contributed by atoms with Crippen molar-refractivity contribution in [2.45, 2.75) is 26.3 Å². The Kier molecular flexibility index (Phi) is 5.40. The summed E-state index contributed by atoms with van der Waals surface area (Å²) in [5.41, 5.74) is -0.377. The largest absolute Gasteiger partial charge is 0.452 e. The van der Waals surface area contributed by atoms with E-state index in [0.29, 0.717) is 0 Å². The molecule has 0 heterocycles. The van der Waals surface area contributed by atoms with Gasteiger partial charge in [0.2, 0.25) is 0 Å². The normalized spacial score (nSPS) is 10.7. The van der Waals surface area contributed by atoms with Gasteiger partial charge in [-0.25, -0.2) is 14.0 Å². The lowest BCUT2D eigenvalue weighted by Gasteiger charge is -2.20. The molecule has 0 aromatic heterocycles. The molecule has 0 atom stereocenters. The molecule has 1 aromatic carbocycles. The molecule has 0 saturated heterocycles. The Balaban J connectivity index is 2.41. The maximum Gasteiger partial charge on any atom is 0.338 e. The maximum absolute atomic E-state index is 12.7. The van der Waals surface area contributed by atoms with E-state index in [1.54, 1.807) is 20.8 Å². The zero-order valence-electron chi connectivity index (χ0n) is 12.0. The van der Waals surface area contributed by atoms with Crippen molar-refractivity contribution in [1.29, 1.82) is 0 Å². The molecule has 1 rings (SSSR count). The maximum atomic E-state index is 12.7. The highest BCUT2D eigenvalue weighted by atomic mass is 19.1. The van der Waals surface area contributed by atoms with E-state index >= 15 is 0 Å². The summed E-state index contributed by atoms with van der Waals surface area (Å²) in [4.78, 5) is 34.4. The molecule has 3 amide bonds. The van der Waals surface area contributed by atoms with Crippen LogP contribution in [0.3, 0.4) is 0 Å². The Labute approximate surface area is 121 Å². The first-order valence-electron chi connectivity index (χ1n) is 6.22. The third-order valence-electron chi connectivity index (χ3n) is 2.16. The average molecular weight is 296 g/mol. The monoisotopic (exact) mass is 296 g/mol. The summed E-state index contributed by atoms with van der Waals surface area (Å²) in [5.74, 6) is -2.02. The number of hydrogen-bond donors (Lipinski definition) is 2. The van der Waals surface area contributed by atoms with Crippen LogP contribution in [0.1, 0.15) is 31.1 Å². The van der Waals surface area contributed by atoms with Gasteiger partial charge < -0.3 is 10.1 Å². The van der Waals surface area contributed by atoms with Crippen LogP contribution in [-0.4, -0.2) is 30.1 Å². The smallest absolute Gasteiger partial charge is 0.338 e. The highest BCUT2D eigenvalue weighted by Gasteiger charge is 2.16. The van der Waals surface area contributed by atoms with E-state index in [0.717, 1.165) is 12.1 Å². The van der Waals surface area contributed by atoms with Gasteiger partial charge >= 0.3 is 12.0 Å². The Morgan fingerprint density at radius 2 is 1.71 bits per heavy atom. The summed E-state index contributed by atoms with van der Waals surface area (Å²) >= 11 is 0. The fourth-order valence-electron chi connectivity index (χ4n) is 1.33. The van der Waals surface area contributed by atoms with E-state index in [1.807, 2.05) is 5.32 Å². The van der Waals surface area contributed by atoms with Crippen LogP contribution in [0.15, 0.2) is 24.3 Å². The van der Waals surface area contributed by atoms with Crippen LogP contribution in [0.4, 0.5) is 9.18 Å². The Hall–Kier alpha value is -2.44. The minimum Gasteiger partial charge on any atom is -0.452 e. The molecule has 6 nitrogen and oxygen atoms in total. The number of ether oxygens (including phenoxy) is 1. The second-order valence-electron chi connectivity index (χ2n) is 5.34. The number of rotatable bonds is 3. The summed E-state index contributed by atoms with van der Waals surface area (Å²) in [6, 6.07) is 4.01. The van der Waals surface area contributed by atoms with Crippen molar-refractivity contribution < 1.29 is 23.5 Å². The molecule has 0 aliphatic rings. The van der Waals surface area contributed by atoms with Gasteiger partial charge in [0.05, 0.1) is 5.56 Å². The molecule has 0 unspecified atom stereocenters. The van der Waals surface area contributed by atoms with Crippen molar-refractivity contribution in [3.8, 4) is 0 Å². The van der Waals surface area contributed by atoms with Crippen LogP contribution in [0.2, 0.25) is 0 Å². The molecule has 2 N–H and O–H groups in total. The Morgan fingerprint density at radius 3 is 2.24 bits per heavy atom. The lowest BCUT2D eigenvalue weighted by molar-refractivity contribution is -0.123. The lowest BCUT2D eigenvalue weighted by atomic mass is 10.1. The van der Waals surface area contributed by atoms with E-state index in [1.165, 1.54) is 12.1 Å². The number of benzene rings is 1. The molecule has 7 heteroatoms. The second kappa shape index (κ2) is 6.83. The average Bonchev–Trinajstić information content (AvgIpc) is 2.34. The number of carbonyl (C=O) groups is 3. The van der Waals surface area contributed by atoms with Gasteiger partial charge in [-0.3, -0.25) is 10.1 Å². The summed E-state index contributed by atoms with van der Waals surface area (Å²) < 4.78 is 17.4. The molecule has 0 spiro atoms. The van der Waals surface area contributed by atoms with Crippen molar-refractivity contribution in [3.05, 3.63) is 35.6 Å². The molecule has 0 aliphatic carbocycles. The molecular weight excluding hydrogens is 279 g/mol. The summed E-state index contributed by atoms with van der Waals surface area (Å²) in [7, 11) is 0. The minimum absolute atomic E-state index is 0.114. The number of halogens is 1. The molecule has 21 heavy (non-hydrogen) atoms. The third-order valence-corrected chi connectivity index (χ3v) is 2.16. The minimum atomic E-state index is -0.777. The van der Waals surface area contributed by atoms with Crippen molar-refractivity contribution in [2.24, 2.45) is 0 Å². The number of amides is 3. The molecule has 0 saturated carbocycles. The molecule has 1 aromatic rings. The van der Waals surface area contributed by atoms with E-state index in [9.17, 15) is 18.8 Å². The van der Waals surface area contributed by atoms with Gasteiger partial charge in [0.25, 0.3) is 5.91 Å². The lowest BCUT2D eigenvalue weighted by Crippen LogP contribution is -2.49. The quantitative estimate of drug-likeness (QED) is 0.830. The highest BCUT2D eigenvalue weighted by Crippen LogP contribution is 2.04. The Bertz CT molecular complexity index is 535. The van der Waals surface area contributed by atoms with E-state index < -0.39 is 35.9 Å². The van der Waals surface area contributed by atoms with E-state index in [-0.39, 0.29) is 5.56 Å². The summed E-state index contributed by atoms with van der Waals surface area (Å²) in [5, 5.41) is 4.55. The molecule has 0 radical (unpaired) electrons. The van der Waals surface area contributed by atoms with E-state index in [2.05, 4.69) is 5.32 Å². The third kappa shape index (κ3) is 6.51. The second-order valence-corrected chi connectivity index (χ2v) is 5.34. The topological polar surface area (TPSA) is 84.5 Å². The van der Waals surface area contributed by atoms with Crippen LogP contribution in [0.25, 0.3) is 0 Å². The Morgan fingerprint density at radius 1 is 1.14 bits per heavy atom. The van der Waals surface area contributed by atoms with Crippen molar-refractivity contribution in [1.82, 2.24) is 10.6 Å². The SMILES string of the molecule is CC(C)(C)NC(=O)NC(=O)COC(=O)c1ccc(F)cc1. The zero-order chi connectivity index (χ0) is 16.0. The van der Waals surface area contributed by atoms with Gasteiger partial charge in [0, 0.05) is 5.54 Å². The van der Waals surface area contributed by atoms with Gasteiger partial charge in [0.15, 0.2) is 6.61 Å². The number of urea groups is 1. The predicted octanol–water partition coefficient (Wildman–Crippen LogP) is 1.61. The van der Waals surface area contributed by atoms with Gasteiger partial charge in [-0.15, -0.1) is 0 Å². The van der Waals surface area contributed by atoms with Gasteiger partial charge in [-0.05, 0) is 45.0 Å². The number of hydrogen-bond acceptors (Lipinski definition) is 4. The fourth-order valence-corrected chi connectivity index (χ4v) is 1.33. The van der Waals surface area contributed by atoms with Gasteiger partial charge in [-0.2, -0.15) is 0 Å². The van der Waals surface area contributed by atoms with Crippen molar-refractivity contribution in [2.75, 3.05) is 6.61 Å². The molecule has 0 aliphatic heterocycles. The molecule has 0 bridgehead atoms. The van der Waals surface area contributed by atoms with Crippen molar-refractivity contribution in [3.63, 3.8) is 0 Å². The molecule has 0 fully saturated rings. The van der Waals surface area contributed by atoms with Gasteiger partial charge in [-0.1, -0.05) is 0 Å². The van der Waals surface area contributed by atoms with Crippen LogP contribution in [-0.2, 0) is 9.53 Å². The molecular formula is C14H17FN2O4. The van der Waals surface area contributed by atoms with Crippen LogP contribution in [0, 0.1) is 5.82 Å². The van der Waals surface area contributed by atoms with Crippen molar-refractivity contribution >= 4 is 17.9 Å². The number of carbonyl (C=O) groups excluding carboxylic acids is 3. The van der Waals surface area contributed by atoms with Crippen LogP contribution >= 0.6 is 0 Å². The number of esters is 1. The number of nitrogens with one attached hydrogen (secondary N) is 2. The first-order chi connectivity index (χ1) is 9.67. The predicted molar refractivity (Wildman–Crippen MR) is 73.1 cm³/mol. The van der Waals surface area contributed by atoms with Gasteiger partial charge in [0.1, 0.15) is 5.82 Å². The standard InChI is InChI=1S/C14H17FN2O4/c1-14(2,3)17-13(20)16-11(18)8-21-12(19)9-4-6-10(15)7-5-9/h4-7H,8H2,1-3H3,(H2,16,17,18,20). The summed E-state index contributed by atoms with van der Waals surface area (Å²) in [6.45, 7) is 4.66. The van der Waals surface area contributed by atoms with Crippen LogP contribution < -0.4 is 10.6 Å². The summed E-state index contributed by atoms with van der Waals surface area (Å²) in [6.07, 6.45) is 0. The number of imide groups is 1. The first kappa shape index (κ1) is 16.6. The fraction of sp³-hybridized carbons (Fsp3) is 0.357. The highest BCUT2D eigenvalue weighted by molar-refractivity contribution is 5.97. The van der Waals surface area contributed by atoms with Crippen LogP contribution in [0.5, 0.6) is 0 Å². The molecule has 114 valence electrons. The van der Waals surface area contributed by atoms with E-state index in [4.69, 9.17) is 4.74 Å².